The molecule has 2 aliphatic rings. The van der Waals surface area contributed by atoms with Crippen LogP contribution in [-0.4, -0.2) is 17.1 Å². The Morgan fingerprint density at radius 2 is 2.38 bits per heavy atom. The van der Waals surface area contributed by atoms with Gasteiger partial charge in [0.15, 0.2) is 0 Å². The number of allylic oxidation sites excluding steroid dienone is 2. The highest BCUT2D eigenvalue weighted by Gasteiger charge is 2.21. The molecule has 0 spiro atoms. The quantitative estimate of drug-likeness (QED) is 0.661. The molecule has 0 aromatic rings. The zero-order valence-electron chi connectivity index (χ0n) is 7.99. The molecule has 0 saturated carbocycles. The van der Waals surface area contributed by atoms with Crippen molar-refractivity contribution in [3.63, 3.8) is 0 Å². The van der Waals surface area contributed by atoms with E-state index in [4.69, 9.17) is 0 Å². The van der Waals surface area contributed by atoms with Gasteiger partial charge in [0.2, 0.25) is 0 Å². The van der Waals surface area contributed by atoms with Gasteiger partial charge < -0.3 is 15.5 Å². The molecule has 2 heterocycles. The van der Waals surface area contributed by atoms with Crippen LogP contribution < -0.4 is 10.6 Å². The maximum absolute atomic E-state index is 3.40. The van der Waals surface area contributed by atoms with E-state index >= 15 is 0 Å². The number of nitrogens with one attached hydrogen (secondary N) is 2. The summed E-state index contributed by atoms with van der Waals surface area (Å²) in [7, 11) is 0. The van der Waals surface area contributed by atoms with Crippen LogP contribution in [0.3, 0.4) is 0 Å². The first-order chi connectivity index (χ1) is 6.27. The zero-order valence-corrected chi connectivity index (χ0v) is 7.99. The molecule has 0 aromatic carbocycles. The lowest BCUT2D eigenvalue weighted by Gasteiger charge is -2.30. The number of fused-ring (bicyclic) bond motifs is 1. The third kappa shape index (κ3) is 1.54. The number of hydrogen-bond donors (Lipinski definition) is 2. The van der Waals surface area contributed by atoms with Crippen molar-refractivity contribution >= 4 is 0 Å². The first-order valence-corrected chi connectivity index (χ1v) is 4.63. The summed E-state index contributed by atoms with van der Waals surface area (Å²) >= 11 is 0. The highest BCUT2D eigenvalue weighted by molar-refractivity contribution is 5.24. The summed E-state index contributed by atoms with van der Waals surface area (Å²) in [6, 6.07) is 0.465. The zero-order chi connectivity index (χ0) is 9.26. The Bertz CT molecular complexity index is 276. The lowest BCUT2D eigenvalue weighted by atomic mass is 10.2. The molecule has 0 fully saturated rings. The summed E-state index contributed by atoms with van der Waals surface area (Å²) in [5.74, 6) is 1.16. The summed E-state index contributed by atoms with van der Waals surface area (Å²) in [6.45, 7) is 4.28. The number of nitrogens with zero attached hydrogens (tertiary/aromatic N) is 1. The van der Waals surface area contributed by atoms with E-state index in [0.717, 1.165) is 5.82 Å². The van der Waals surface area contributed by atoms with Crippen LogP contribution in [0.15, 0.2) is 36.4 Å². The predicted molar refractivity (Wildman–Crippen MR) is 53.4 cm³/mol. The topological polar surface area (TPSA) is 27.3 Å². The Morgan fingerprint density at radius 3 is 3.15 bits per heavy atom. The van der Waals surface area contributed by atoms with Gasteiger partial charge in [-0.1, -0.05) is 6.08 Å². The van der Waals surface area contributed by atoms with E-state index < -0.39 is 0 Å². The van der Waals surface area contributed by atoms with Crippen molar-refractivity contribution in [2.24, 2.45) is 0 Å². The Hall–Kier alpha value is -1.38. The van der Waals surface area contributed by atoms with Crippen LogP contribution in [-0.2, 0) is 0 Å². The van der Waals surface area contributed by atoms with E-state index in [0.29, 0.717) is 12.2 Å². The van der Waals surface area contributed by atoms with Crippen molar-refractivity contribution in [1.29, 1.82) is 0 Å². The van der Waals surface area contributed by atoms with Gasteiger partial charge in [0.25, 0.3) is 0 Å². The van der Waals surface area contributed by atoms with Gasteiger partial charge in [0.05, 0.1) is 0 Å². The van der Waals surface area contributed by atoms with Crippen molar-refractivity contribution in [2.45, 2.75) is 26.1 Å². The van der Waals surface area contributed by atoms with Gasteiger partial charge in [-0.05, 0) is 26.0 Å². The molecule has 0 bridgehead atoms. The average Bonchev–Trinajstić information content (AvgIpc) is 2.51. The Balaban J connectivity index is 2.12. The van der Waals surface area contributed by atoms with E-state index in [1.807, 2.05) is 6.20 Å². The van der Waals surface area contributed by atoms with Gasteiger partial charge in [-0.25, -0.2) is 0 Å². The van der Waals surface area contributed by atoms with Gasteiger partial charge in [-0.3, -0.25) is 0 Å². The average molecular weight is 177 g/mol. The third-order valence-corrected chi connectivity index (χ3v) is 2.06. The van der Waals surface area contributed by atoms with Crippen LogP contribution in [0.1, 0.15) is 13.8 Å². The monoisotopic (exact) mass is 177 g/mol. The lowest BCUT2D eigenvalue weighted by Crippen LogP contribution is -2.40. The molecule has 0 radical (unpaired) electrons. The molecular weight excluding hydrogens is 162 g/mol. The van der Waals surface area contributed by atoms with Gasteiger partial charge in [0.1, 0.15) is 12.0 Å². The second-order valence-electron chi connectivity index (χ2n) is 3.57. The summed E-state index contributed by atoms with van der Waals surface area (Å²) in [6.07, 6.45) is 10.6. The standard InChI is InChI=1S/C10H15N3/c1-8(2)12-10-5-3-4-9-11-6-7-13(9)10/h3-9,11-12H,1-2H3. The molecule has 3 nitrogen and oxygen atoms in total. The van der Waals surface area contributed by atoms with E-state index in [-0.39, 0.29) is 0 Å². The van der Waals surface area contributed by atoms with Crippen LogP contribution in [0.25, 0.3) is 0 Å². The van der Waals surface area contributed by atoms with Crippen molar-refractivity contribution in [2.75, 3.05) is 0 Å². The first-order valence-electron chi connectivity index (χ1n) is 4.63. The molecule has 2 N–H and O–H groups in total. The molecule has 0 amide bonds. The Kier molecular flexibility index (Phi) is 2.00. The van der Waals surface area contributed by atoms with Crippen LogP contribution in [0.4, 0.5) is 0 Å². The molecule has 2 aliphatic heterocycles. The van der Waals surface area contributed by atoms with E-state index in [1.54, 1.807) is 0 Å². The normalized spacial score (nSPS) is 24.4. The SMILES string of the molecule is CC(C)NC1=CC=CC2NC=CN12. The van der Waals surface area contributed by atoms with E-state index in [1.165, 1.54) is 0 Å². The van der Waals surface area contributed by atoms with Crippen molar-refractivity contribution in [3.05, 3.63) is 36.4 Å². The third-order valence-electron chi connectivity index (χ3n) is 2.06. The lowest BCUT2D eigenvalue weighted by molar-refractivity contribution is 0.355. The second-order valence-corrected chi connectivity index (χ2v) is 3.57. The minimum absolute atomic E-state index is 0.297. The summed E-state index contributed by atoms with van der Waals surface area (Å²) < 4.78 is 0. The molecule has 0 aromatic heterocycles. The Labute approximate surface area is 78.8 Å². The van der Waals surface area contributed by atoms with Crippen LogP contribution in [0, 0.1) is 0 Å². The number of hydrogen-bond acceptors (Lipinski definition) is 3. The molecule has 0 saturated heterocycles. The first kappa shape index (κ1) is 8.23. The smallest absolute Gasteiger partial charge is 0.124 e. The molecular formula is C10H15N3. The molecule has 1 atom stereocenters. The molecule has 13 heavy (non-hydrogen) atoms. The van der Waals surface area contributed by atoms with Crippen molar-refractivity contribution < 1.29 is 0 Å². The fourth-order valence-electron chi connectivity index (χ4n) is 1.53. The van der Waals surface area contributed by atoms with Crippen LogP contribution in [0.5, 0.6) is 0 Å². The largest absolute Gasteiger partial charge is 0.369 e. The minimum atomic E-state index is 0.297. The summed E-state index contributed by atoms with van der Waals surface area (Å²) in [4.78, 5) is 2.18. The summed E-state index contributed by atoms with van der Waals surface area (Å²) in [5, 5.41) is 6.64. The summed E-state index contributed by atoms with van der Waals surface area (Å²) in [5.41, 5.74) is 0. The maximum Gasteiger partial charge on any atom is 0.124 e. The van der Waals surface area contributed by atoms with Gasteiger partial charge in [-0.2, -0.15) is 0 Å². The maximum atomic E-state index is 3.40. The second kappa shape index (κ2) is 3.17. The Morgan fingerprint density at radius 1 is 1.54 bits per heavy atom. The molecule has 2 rings (SSSR count). The fourth-order valence-corrected chi connectivity index (χ4v) is 1.53. The highest BCUT2D eigenvalue weighted by Crippen LogP contribution is 2.16. The number of rotatable bonds is 2. The van der Waals surface area contributed by atoms with Gasteiger partial charge in [-0.15, -0.1) is 0 Å². The molecule has 70 valence electrons. The predicted octanol–water partition coefficient (Wildman–Crippen LogP) is 1.10. The van der Waals surface area contributed by atoms with Crippen molar-refractivity contribution in [3.8, 4) is 0 Å². The van der Waals surface area contributed by atoms with E-state index in [2.05, 4.69) is 53.8 Å². The van der Waals surface area contributed by atoms with E-state index in [9.17, 15) is 0 Å². The highest BCUT2D eigenvalue weighted by atomic mass is 15.4. The fraction of sp³-hybridized carbons (Fsp3) is 0.400. The van der Waals surface area contributed by atoms with Crippen LogP contribution in [0.2, 0.25) is 0 Å². The molecule has 1 unspecified atom stereocenters. The molecule has 0 aliphatic carbocycles. The van der Waals surface area contributed by atoms with Crippen molar-refractivity contribution in [1.82, 2.24) is 15.5 Å². The minimum Gasteiger partial charge on any atom is -0.369 e. The van der Waals surface area contributed by atoms with Crippen LogP contribution >= 0.6 is 0 Å². The van der Waals surface area contributed by atoms with Gasteiger partial charge in [0, 0.05) is 18.4 Å². The molecule has 3 heteroatoms. The van der Waals surface area contributed by atoms with Gasteiger partial charge >= 0.3 is 0 Å².